The third-order valence-corrected chi connectivity index (χ3v) is 4.96. The quantitative estimate of drug-likeness (QED) is 0.824. The number of aryl methyl sites for hydroxylation is 1. The van der Waals surface area contributed by atoms with Crippen molar-refractivity contribution in [1.82, 2.24) is 4.31 Å². The second-order valence-corrected chi connectivity index (χ2v) is 6.53. The number of rotatable bonds is 7. The summed E-state index contributed by atoms with van der Waals surface area (Å²) in [5, 5.41) is 8.61. The predicted molar refractivity (Wildman–Crippen MR) is 78.0 cm³/mol. The van der Waals surface area contributed by atoms with Crippen LogP contribution in [0.3, 0.4) is 0 Å². The van der Waals surface area contributed by atoms with Crippen molar-refractivity contribution in [1.29, 1.82) is 0 Å². The standard InChI is InChI=1S/C13H20N2O4S/c1-4-11-5-7-12(8-6-11)15(3)20(18,19)14(2)10-9-13(16)17/h5-8H,4,9-10H2,1-3H3,(H,16,17). The molecule has 0 spiro atoms. The second-order valence-electron chi connectivity index (χ2n) is 4.46. The van der Waals surface area contributed by atoms with E-state index in [4.69, 9.17) is 5.11 Å². The SMILES string of the molecule is CCc1ccc(N(C)S(=O)(=O)N(C)CCC(=O)O)cc1. The number of nitrogens with zero attached hydrogens (tertiary/aromatic N) is 2. The van der Waals surface area contributed by atoms with Crippen molar-refractivity contribution in [2.75, 3.05) is 24.9 Å². The van der Waals surface area contributed by atoms with Gasteiger partial charge in [0.05, 0.1) is 12.1 Å². The van der Waals surface area contributed by atoms with Crippen LogP contribution in [0, 0.1) is 0 Å². The zero-order valence-corrected chi connectivity index (χ0v) is 12.7. The van der Waals surface area contributed by atoms with E-state index in [2.05, 4.69) is 0 Å². The first-order valence-corrected chi connectivity index (χ1v) is 7.69. The number of hydrogen-bond donors (Lipinski definition) is 1. The van der Waals surface area contributed by atoms with Gasteiger partial charge in [-0.3, -0.25) is 9.10 Å². The highest BCUT2D eigenvalue weighted by atomic mass is 32.2. The molecule has 0 atom stereocenters. The van der Waals surface area contributed by atoms with Crippen molar-refractivity contribution >= 4 is 21.9 Å². The number of hydrogen-bond acceptors (Lipinski definition) is 3. The lowest BCUT2D eigenvalue weighted by atomic mass is 10.1. The Morgan fingerprint density at radius 2 is 1.75 bits per heavy atom. The minimum Gasteiger partial charge on any atom is -0.481 e. The molecule has 0 saturated carbocycles. The van der Waals surface area contributed by atoms with E-state index in [-0.39, 0.29) is 13.0 Å². The number of aliphatic carboxylic acids is 1. The molecule has 0 saturated heterocycles. The lowest BCUT2D eigenvalue weighted by Crippen LogP contribution is -2.40. The number of benzene rings is 1. The highest BCUT2D eigenvalue weighted by Gasteiger charge is 2.24. The second kappa shape index (κ2) is 6.71. The molecule has 0 fully saturated rings. The first-order chi connectivity index (χ1) is 9.28. The van der Waals surface area contributed by atoms with Crippen LogP contribution in [0.25, 0.3) is 0 Å². The molecule has 7 heteroatoms. The van der Waals surface area contributed by atoms with Crippen LogP contribution in [-0.4, -0.2) is 44.4 Å². The summed E-state index contributed by atoms with van der Waals surface area (Å²) in [7, 11) is -0.882. The maximum atomic E-state index is 12.3. The van der Waals surface area contributed by atoms with Gasteiger partial charge >= 0.3 is 16.2 Å². The summed E-state index contributed by atoms with van der Waals surface area (Å²) in [5.74, 6) is -1.03. The summed E-state index contributed by atoms with van der Waals surface area (Å²) < 4.78 is 26.7. The molecule has 0 aliphatic carbocycles. The van der Waals surface area contributed by atoms with Crippen molar-refractivity contribution in [3.05, 3.63) is 29.8 Å². The maximum Gasteiger partial charge on any atom is 0.304 e. The van der Waals surface area contributed by atoms with Gasteiger partial charge < -0.3 is 5.11 Å². The van der Waals surface area contributed by atoms with Crippen LogP contribution in [0.4, 0.5) is 5.69 Å². The van der Waals surface area contributed by atoms with Gasteiger partial charge in [0.2, 0.25) is 0 Å². The number of anilines is 1. The van der Waals surface area contributed by atoms with Crippen LogP contribution >= 0.6 is 0 Å². The molecule has 20 heavy (non-hydrogen) atoms. The molecule has 0 amide bonds. The Balaban J connectivity index is 2.87. The molecule has 1 aromatic carbocycles. The minimum absolute atomic E-state index is 0.0605. The smallest absolute Gasteiger partial charge is 0.304 e. The molecular formula is C13H20N2O4S. The molecule has 0 aromatic heterocycles. The zero-order valence-electron chi connectivity index (χ0n) is 11.9. The molecule has 112 valence electrons. The Labute approximate surface area is 119 Å². The molecule has 0 bridgehead atoms. The van der Waals surface area contributed by atoms with Gasteiger partial charge in [-0.15, -0.1) is 0 Å². The largest absolute Gasteiger partial charge is 0.481 e. The van der Waals surface area contributed by atoms with Gasteiger partial charge in [-0.2, -0.15) is 12.7 Å². The van der Waals surface area contributed by atoms with Crippen LogP contribution in [0.1, 0.15) is 18.9 Å². The monoisotopic (exact) mass is 300 g/mol. The third-order valence-electron chi connectivity index (χ3n) is 3.09. The van der Waals surface area contributed by atoms with Gasteiger partial charge in [-0.05, 0) is 24.1 Å². The van der Waals surface area contributed by atoms with Gasteiger partial charge in [0.15, 0.2) is 0 Å². The Morgan fingerprint density at radius 3 is 2.20 bits per heavy atom. The number of carboxylic acids is 1. The van der Waals surface area contributed by atoms with Crippen molar-refractivity contribution in [3.8, 4) is 0 Å². The highest BCUT2D eigenvalue weighted by molar-refractivity contribution is 7.90. The average molecular weight is 300 g/mol. The first kappa shape index (κ1) is 16.5. The van der Waals surface area contributed by atoms with Gasteiger partial charge in [-0.1, -0.05) is 19.1 Å². The molecule has 1 aromatic rings. The van der Waals surface area contributed by atoms with Crippen molar-refractivity contribution in [2.24, 2.45) is 0 Å². The van der Waals surface area contributed by atoms with Gasteiger partial charge in [0.25, 0.3) is 0 Å². The Bertz CT molecular complexity index is 554. The van der Waals surface area contributed by atoms with E-state index in [9.17, 15) is 13.2 Å². The van der Waals surface area contributed by atoms with Crippen LogP contribution in [0.2, 0.25) is 0 Å². The minimum atomic E-state index is -3.70. The fourth-order valence-electron chi connectivity index (χ4n) is 1.65. The van der Waals surface area contributed by atoms with Crippen molar-refractivity contribution < 1.29 is 18.3 Å². The van der Waals surface area contributed by atoms with E-state index in [1.165, 1.54) is 14.1 Å². The lowest BCUT2D eigenvalue weighted by Gasteiger charge is -2.25. The zero-order chi connectivity index (χ0) is 15.3. The van der Waals surface area contributed by atoms with Crippen LogP contribution in [0.15, 0.2) is 24.3 Å². The topological polar surface area (TPSA) is 77.9 Å². The fourth-order valence-corrected chi connectivity index (χ4v) is 2.78. The molecule has 1 rings (SSSR count). The summed E-state index contributed by atoms with van der Waals surface area (Å²) in [6.07, 6.45) is 0.660. The molecule has 0 unspecified atom stereocenters. The van der Waals surface area contributed by atoms with E-state index < -0.39 is 16.2 Å². The molecular weight excluding hydrogens is 280 g/mol. The highest BCUT2D eigenvalue weighted by Crippen LogP contribution is 2.19. The van der Waals surface area contributed by atoms with Crippen LogP contribution < -0.4 is 4.31 Å². The summed E-state index contributed by atoms with van der Waals surface area (Å²) in [6, 6.07) is 7.22. The normalized spacial score (nSPS) is 11.6. The summed E-state index contributed by atoms with van der Waals surface area (Å²) in [6.45, 7) is 1.96. The Kier molecular flexibility index (Phi) is 5.52. The van der Waals surface area contributed by atoms with E-state index in [0.29, 0.717) is 5.69 Å². The Hall–Kier alpha value is -1.60. The number of carbonyl (C=O) groups is 1. The molecule has 0 heterocycles. The molecule has 1 N–H and O–H groups in total. The van der Waals surface area contributed by atoms with Gasteiger partial charge in [-0.25, -0.2) is 0 Å². The van der Waals surface area contributed by atoms with Crippen molar-refractivity contribution in [2.45, 2.75) is 19.8 Å². The maximum absolute atomic E-state index is 12.3. The Morgan fingerprint density at radius 1 is 1.20 bits per heavy atom. The first-order valence-electron chi connectivity index (χ1n) is 6.30. The van der Waals surface area contributed by atoms with Gasteiger partial charge in [0, 0.05) is 20.6 Å². The van der Waals surface area contributed by atoms with E-state index in [1.807, 2.05) is 19.1 Å². The van der Waals surface area contributed by atoms with Gasteiger partial charge in [0.1, 0.15) is 0 Å². The van der Waals surface area contributed by atoms with E-state index in [0.717, 1.165) is 20.6 Å². The molecule has 0 radical (unpaired) electrons. The average Bonchev–Trinajstić information content (AvgIpc) is 2.43. The van der Waals surface area contributed by atoms with Crippen LogP contribution in [-0.2, 0) is 21.4 Å². The lowest BCUT2D eigenvalue weighted by molar-refractivity contribution is -0.137. The molecule has 0 aliphatic rings. The summed E-state index contributed by atoms with van der Waals surface area (Å²) in [5.41, 5.74) is 1.67. The third kappa shape index (κ3) is 3.94. The van der Waals surface area contributed by atoms with E-state index in [1.54, 1.807) is 12.1 Å². The van der Waals surface area contributed by atoms with E-state index >= 15 is 0 Å². The van der Waals surface area contributed by atoms with Crippen LogP contribution in [0.5, 0.6) is 0 Å². The number of carboxylic acid groups (broad SMARTS) is 1. The molecule has 6 nitrogen and oxygen atoms in total. The molecule has 0 aliphatic heterocycles. The summed E-state index contributed by atoms with van der Waals surface area (Å²) >= 11 is 0. The van der Waals surface area contributed by atoms with Crippen molar-refractivity contribution in [3.63, 3.8) is 0 Å². The summed E-state index contributed by atoms with van der Waals surface area (Å²) in [4.78, 5) is 10.5. The predicted octanol–water partition coefficient (Wildman–Crippen LogP) is 1.34. The fraction of sp³-hybridized carbons (Fsp3) is 0.462.